The van der Waals surface area contributed by atoms with Gasteiger partial charge in [0, 0.05) is 18.1 Å². The van der Waals surface area contributed by atoms with Crippen LogP contribution in [0.15, 0.2) is 48.9 Å². The van der Waals surface area contributed by atoms with Crippen LogP contribution in [0.1, 0.15) is 35.7 Å². The Balaban J connectivity index is 1.59. The van der Waals surface area contributed by atoms with Gasteiger partial charge >= 0.3 is 0 Å². The number of carbonyl (C=O) groups excluding carboxylic acids is 1. The summed E-state index contributed by atoms with van der Waals surface area (Å²) in [6.07, 6.45) is 2.34. The molecule has 0 bridgehead atoms. The Hall–Kier alpha value is -3.64. The van der Waals surface area contributed by atoms with Gasteiger partial charge in [0.1, 0.15) is 23.1 Å². The van der Waals surface area contributed by atoms with Crippen LogP contribution in [0.25, 0.3) is 0 Å². The first-order valence-corrected chi connectivity index (χ1v) is 9.00. The molecular formula is C21H15F3N4O2. The average molecular weight is 412 g/mol. The second-order valence-electron chi connectivity index (χ2n) is 7.13. The molecule has 4 rings (SSSR count). The van der Waals surface area contributed by atoms with Gasteiger partial charge in [-0.25, -0.2) is 18.2 Å². The van der Waals surface area contributed by atoms with Crippen LogP contribution < -0.4 is 5.32 Å². The van der Waals surface area contributed by atoms with Crippen molar-refractivity contribution < 1.29 is 23.1 Å². The first-order valence-electron chi connectivity index (χ1n) is 9.00. The van der Waals surface area contributed by atoms with E-state index < -0.39 is 41.4 Å². The highest BCUT2D eigenvalue weighted by Gasteiger charge is 2.45. The smallest absolute Gasteiger partial charge is 0.227 e. The molecule has 2 atom stereocenters. The van der Waals surface area contributed by atoms with Gasteiger partial charge in [-0.15, -0.1) is 0 Å². The van der Waals surface area contributed by atoms with Crippen molar-refractivity contribution in [1.82, 2.24) is 9.55 Å². The molecule has 1 amide bonds. The fourth-order valence-electron chi connectivity index (χ4n) is 3.78. The maximum Gasteiger partial charge on any atom is 0.227 e. The molecule has 2 unspecified atom stereocenters. The molecule has 0 fully saturated rings. The molecule has 1 aliphatic rings. The Morgan fingerprint density at radius 1 is 1.27 bits per heavy atom. The van der Waals surface area contributed by atoms with Crippen molar-refractivity contribution in [3.8, 4) is 6.07 Å². The lowest BCUT2D eigenvalue weighted by atomic mass is 9.89. The second-order valence-corrected chi connectivity index (χ2v) is 7.13. The standard InChI is InChI=1S/C21H15F3N4O2/c22-13-2-4-17(16(24)6-13)27-20(29)8-21(30)7-18(28-11-26-10-19(21)28)14-3-1-12(9-25)5-15(14)23/h1-6,10-11,18,30H,7-8H2,(H,27,29). The molecule has 9 heteroatoms. The van der Waals surface area contributed by atoms with E-state index in [0.717, 1.165) is 18.2 Å². The van der Waals surface area contributed by atoms with Gasteiger partial charge in [0.2, 0.25) is 5.91 Å². The predicted molar refractivity (Wildman–Crippen MR) is 99.6 cm³/mol. The number of aliphatic hydroxyl groups is 1. The van der Waals surface area contributed by atoms with Crippen LogP contribution in [-0.4, -0.2) is 20.6 Å². The Labute approximate surface area is 169 Å². The summed E-state index contributed by atoms with van der Waals surface area (Å²) in [4.78, 5) is 16.5. The number of rotatable bonds is 4. The quantitative estimate of drug-likeness (QED) is 0.687. The maximum atomic E-state index is 14.6. The first kappa shape index (κ1) is 19.7. The fraction of sp³-hybridized carbons (Fsp3) is 0.190. The van der Waals surface area contributed by atoms with Gasteiger partial charge in [-0.3, -0.25) is 4.79 Å². The molecule has 0 saturated heterocycles. The number of nitrogens with one attached hydrogen (secondary N) is 1. The lowest BCUT2D eigenvalue weighted by Crippen LogP contribution is -2.30. The zero-order valence-corrected chi connectivity index (χ0v) is 15.4. The Morgan fingerprint density at radius 2 is 2.07 bits per heavy atom. The zero-order valence-electron chi connectivity index (χ0n) is 15.4. The highest BCUT2D eigenvalue weighted by Crippen LogP contribution is 2.45. The van der Waals surface area contributed by atoms with Gasteiger partial charge in [0.25, 0.3) is 0 Å². The second kappa shape index (κ2) is 7.31. The SMILES string of the molecule is N#Cc1ccc(C2CC(O)(CC(=O)Nc3ccc(F)cc3F)c3cncn32)c(F)c1. The van der Waals surface area contributed by atoms with Crippen molar-refractivity contribution in [3.63, 3.8) is 0 Å². The number of imidazole rings is 1. The van der Waals surface area contributed by atoms with E-state index in [1.807, 2.05) is 6.07 Å². The first-order chi connectivity index (χ1) is 14.3. The number of hydrogen-bond acceptors (Lipinski definition) is 4. The predicted octanol–water partition coefficient (Wildman–Crippen LogP) is 3.38. The Bertz CT molecular complexity index is 1190. The molecule has 0 saturated carbocycles. The number of amides is 1. The van der Waals surface area contributed by atoms with Crippen molar-refractivity contribution in [2.45, 2.75) is 24.5 Å². The summed E-state index contributed by atoms with van der Waals surface area (Å²) < 4.78 is 43.0. The topological polar surface area (TPSA) is 90.9 Å². The zero-order chi connectivity index (χ0) is 21.5. The monoisotopic (exact) mass is 412 g/mol. The van der Waals surface area contributed by atoms with Crippen molar-refractivity contribution in [2.24, 2.45) is 0 Å². The van der Waals surface area contributed by atoms with Crippen molar-refractivity contribution in [1.29, 1.82) is 5.26 Å². The average Bonchev–Trinajstić information content (AvgIpc) is 3.27. The largest absolute Gasteiger partial charge is 0.383 e. The van der Waals surface area contributed by atoms with Crippen LogP contribution in [0.3, 0.4) is 0 Å². The molecule has 3 aromatic rings. The molecule has 1 aliphatic heterocycles. The van der Waals surface area contributed by atoms with E-state index >= 15 is 0 Å². The molecule has 2 N–H and O–H groups in total. The van der Waals surface area contributed by atoms with E-state index in [9.17, 15) is 23.1 Å². The van der Waals surface area contributed by atoms with Gasteiger partial charge in [-0.1, -0.05) is 6.07 Å². The maximum absolute atomic E-state index is 14.6. The third-order valence-electron chi connectivity index (χ3n) is 5.16. The summed E-state index contributed by atoms with van der Waals surface area (Å²) in [5.41, 5.74) is -1.18. The molecule has 0 radical (unpaired) electrons. The molecular weight excluding hydrogens is 397 g/mol. The van der Waals surface area contributed by atoms with Crippen LogP contribution in [0.5, 0.6) is 0 Å². The Kier molecular flexibility index (Phi) is 4.79. The number of nitriles is 1. The molecule has 2 aromatic carbocycles. The minimum Gasteiger partial charge on any atom is -0.383 e. The van der Waals surface area contributed by atoms with Crippen LogP contribution >= 0.6 is 0 Å². The minimum atomic E-state index is -1.68. The molecule has 0 aliphatic carbocycles. The molecule has 1 aromatic heterocycles. The molecule has 30 heavy (non-hydrogen) atoms. The number of fused-ring (bicyclic) bond motifs is 1. The lowest BCUT2D eigenvalue weighted by Gasteiger charge is -2.22. The third kappa shape index (κ3) is 3.42. The van der Waals surface area contributed by atoms with Crippen LogP contribution in [0.4, 0.5) is 18.9 Å². The van der Waals surface area contributed by atoms with Gasteiger partial charge in [-0.05, 0) is 24.3 Å². The minimum absolute atomic E-state index is 0.0208. The van der Waals surface area contributed by atoms with Crippen LogP contribution in [0, 0.1) is 28.8 Å². The van der Waals surface area contributed by atoms with E-state index in [1.54, 1.807) is 4.57 Å². The molecule has 152 valence electrons. The van der Waals surface area contributed by atoms with Crippen LogP contribution in [0.2, 0.25) is 0 Å². The normalized spacial score (nSPS) is 19.9. The highest BCUT2D eigenvalue weighted by molar-refractivity contribution is 5.91. The molecule has 0 spiro atoms. The highest BCUT2D eigenvalue weighted by atomic mass is 19.1. The number of benzene rings is 2. The number of nitrogens with zero attached hydrogens (tertiary/aromatic N) is 3. The van der Waals surface area contributed by atoms with Gasteiger partial charge in [0.05, 0.1) is 48.0 Å². The number of anilines is 1. The van der Waals surface area contributed by atoms with Crippen molar-refractivity contribution in [2.75, 3.05) is 5.32 Å². The van der Waals surface area contributed by atoms with Gasteiger partial charge in [-0.2, -0.15) is 5.26 Å². The summed E-state index contributed by atoms with van der Waals surface area (Å²) >= 11 is 0. The van der Waals surface area contributed by atoms with E-state index in [1.165, 1.54) is 24.7 Å². The summed E-state index contributed by atoms with van der Waals surface area (Å²) in [7, 11) is 0. The summed E-state index contributed by atoms with van der Waals surface area (Å²) in [5, 5.41) is 22.4. The van der Waals surface area contributed by atoms with E-state index in [0.29, 0.717) is 11.8 Å². The van der Waals surface area contributed by atoms with Crippen molar-refractivity contribution >= 4 is 11.6 Å². The van der Waals surface area contributed by atoms with Gasteiger partial charge in [0.15, 0.2) is 0 Å². The molecule has 6 nitrogen and oxygen atoms in total. The van der Waals surface area contributed by atoms with Crippen LogP contribution in [-0.2, 0) is 10.4 Å². The molecule has 2 heterocycles. The fourth-order valence-corrected chi connectivity index (χ4v) is 3.78. The number of aromatic nitrogens is 2. The van der Waals surface area contributed by atoms with Crippen molar-refractivity contribution in [3.05, 3.63) is 83.2 Å². The van der Waals surface area contributed by atoms with Gasteiger partial charge < -0.3 is 15.0 Å². The Morgan fingerprint density at radius 3 is 2.77 bits per heavy atom. The van der Waals surface area contributed by atoms with E-state index in [4.69, 9.17) is 5.26 Å². The summed E-state index contributed by atoms with van der Waals surface area (Å²) in [6.45, 7) is 0. The third-order valence-corrected chi connectivity index (χ3v) is 5.16. The number of halogens is 3. The van der Waals surface area contributed by atoms with E-state index in [2.05, 4.69) is 10.3 Å². The summed E-state index contributed by atoms with van der Waals surface area (Å²) in [5.74, 6) is -3.03. The number of carbonyl (C=O) groups is 1. The number of hydrogen-bond donors (Lipinski definition) is 2. The summed E-state index contributed by atoms with van der Waals surface area (Å²) in [6, 6.07) is 7.97. The van der Waals surface area contributed by atoms with E-state index in [-0.39, 0.29) is 23.2 Å². The lowest BCUT2D eigenvalue weighted by molar-refractivity contribution is -0.121.